The van der Waals surface area contributed by atoms with E-state index >= 15 is 0 Å². The Morgan fingerprint density at radius 3 is 1.86 bits per heavy atom. The summed E-state index contributed by atoms with van der Waals surface area (Å²) in [5, 5.41) is 5.67. The van der Waals surface area contributed by atoms with Crippen LogP contribution in [0.15, 0.2) is 182 Å². The summed E-state index contributed by atoms with van der Waals surface area (Å²) >= 11 is 0. The van der Waals surface area contributed by atoms with E-state index in [0.29, 0.717) is 5.92 Å². The van der Waals surface area contributed by atoms with Gasteiger partial charge in [-0.2, -0.15) is 5.10 Å². The van der Waals surface area contributed by atoms with Gasteiger partial charge in [0.25, 0.3) is 0 Å². The molecule has 1 aromatic heterocycles. The number of allylic oxidation sites excluding steroid dienone is 5. The Bertz CT molecular complexity index is 2210. The van der Waals surface area contributed by atoms with Gasteiger partial charge in [0.2, 0.25) is 0 Å². The number of rotatable bonds is 6. The van der Waals surface area contributed by atoms with Crippen molar-refractivity contribution < 1.29 is 0 Å². The SMILES string of the molecule is CC1C=CC2C(C1)C(c1ccccc1)(c1ccccc1)c1ccccc1N2c1c(-c2ccccc2)nn(C2(C)C=CC=CC2)c1-c1ccccc1. The van der Waals surface area contributed by atoms with Crippen LogP contribution in [-0.2, 0) is 11.0 Å². The number of aromatic nitrogens is 2. The summed E-state index contributed by atoms with van der Waals surface area (Å²) in [6, 6.07) is 53.5. The van der Waals surface area contributed by atoms with Crippen LogP contribution >= 0.6 is 0 Å². The third-order valence-corrected chi connectivity index (χ3v) is 11.5. The summed E-state index contributed by atoms with van der Waals surface area (Å²) in [7, 11) is 0. The highest BCUT2D eigenvalue weighted by atomic mass is 15.4. The number of hydrogen-bond acceptors (Lipinski definition) is 2. The van der Waals surface area contributed by atoms with Gasteiger partial charge in [-0.25, -0.2) is 0 Å². The molecule has 0 N–H and O–H groups in total. The Hall–Kier alpha value is -5.67. The lowest BCUT2D eigenvalue weighted by Gasteiger charge is -2.56. The molecule has 2 heterocycles. The molecule has 250 valence electrons. The standard InChI is InChI=1S/C48H43N3/c1-35-30-31-43-41(34-35)48(38-24-12-5-13-25-38,39-26-14-6-15-27-39)40-28-16-17-29-42(40)50(43)46-44(36-20-8-3-9-21-36)49-51(47(2)32-18-7-19-33-47)45(46)37-22-10-4-11-23-37/h3-32,35,41,43H,33-34H2,1-2H3. The third-order valence-electron chi connectivity index (χ3n) is 11.5. The molecule has 0 saturated carbocycles. The monoisotopic (exact) mass is 661 g/mol. The fourth-order valence-electron chi connectivity index (χ4n) is 9.24. The van der Waals surface area contributed by atoms with E-state index < -0.39 is 0 Å². The lowest BCUT2D eigenvalue weighted by molar-refractivity contribution is 0.266. The molecule has 0 fully saturated rings. The van der Waals surface area contributed by atoms with Crippen molar-refractivity contribution in [2.45, 2.75) is 43.7 Å². The van der Waals surface area contributed by atoms with Crippen molar-refractivity contribution in [3.05, 3.63) is 199 Å². The second-order valence-corrected chi connectivity index (χ2v) is 14.7. The van der Waals surface area contributed by atoms with Gasteiger partial charge in [-0.3, -0.25) is 4.68 Å². The maximum absolute atomic E-state index is 5.67. The van der Waals surface area contributed by atoms with Crippen LogP contribution in [0.2, 0.25) is 0 Å². The Labute approximate surface area is 301 Å². The molecule has 0 radical (unpaired) electrons. The average molecular weight is 662 g/mol. The Morgan fingerprint density at radius 1 is 0.647 bits per heavy atom. The first-order valence-electron chi connectivity index (χ1n) is 18.4. The van der Waals surface area contributed by atoms with Crippen LogP contribution in [0.3, 0.4) is 0 Å². The molecule has 4 unspecified atom stereocenters. The van der Waals surface area contributed by atoms with E-state index in [2.05, 4.69) is 205 Å². The van der Waals surface area contributed by atoms with Crippen molar-refractivity contribution in [3.8, 4) is 22.5 Å². The molecule has 3 aliphatic rings. The van der Waals surface area contributed by atoms with Crippen LogP contribution in [-0.4, -0.2) is 15.8 Å². The van der Waals surface area contributed by atoms with Crippen LogP contribution in [0, 0.1) is 11.8 Å². The molecule has 9 rings (SSSR count). The Balaban J connectivity index is 1.42. The van der Waals surface area contributed by atoms with Crippen LogP contribution in [0.4, 0.5) is 11.4 Å². The molecule has 1 aliphatic heterocycles. The van der Waals surface area contributed by atoms with Gasteiger partial charge in [-0.15, -0.1) is 0 Å². The average Bonchev–Trinajstić information content (AvgIpc) is 3.60. The third kappa shape index (κ3) is 4.98. The van der Waals surface area contributed by atoms with Gasteiger partial charge in [0.15, 0.2) is 0 Å². The number of nitrogens with zero attached hydrogens (tertiary/aromatic N) is 3. The van der Waals surface area contributed by atoms with Crippen LogP contribution in [0.1, 0.15) is 43.4 Å². The minimum Gasteiger partial charge on any atom is -0.330 e. The second kappa shape index (κ2) is 12.6. The summed E-state index contributed by atoms with van der Waals surface area (Å²) in [6.07, 6.45) is 15.8. The molecule has 0 spiro atoms. The van der Waals surface area contributed by atoms with Crippen molar-refractivity contribution in [1.82, 2.24) is 9.78 Å². The summed E-state index contributed by atoms with van der Waals surface area (Å²) in [6.45, 7) is 4.70. The first-order chi connectivity index (χ1) is 25.1. The van der Waals surface area contributed by atoms with Gasteiger partial charge in [-0.05, 0) is 48.4 Å². The van der Waals surface area contributed by atoms with E-state index in [9.17, 15) is 0 Å². The smallest absolute Gasteiger partial charge is 0.117 e. The van der Waals surface area contributed by atoms with Crippen molar-refractivity contribution in [2.24, 2.45) is 11.8 Å². The van der Waals surface area contributed by atoms with Crippen molar-refractivity contribution in [3.63, 3.8) is 0 Å². The molecule has 0 amide bonds. The Kier molecular flexibility index (Phi) is 7.73. The summed E-state index contributed by atoms with van der Waals surface area (Å²) in [5.74, 6) is 0.675. The van der Waals surface area contributed by atoms with Crippen molar-refractivity contribution in [1.29, 1.82) is 0 Å². The zero-order valence-electron chi connectivity index (χ0n) is 29.3. The first kappa shape index (κ1) is 31.3. The lowest BCUT2D eigenvalue weighted by Crippen LogP contribution is -2.55. The maximum atomic E-state index is 5.67. The highest BCUT2D eigenvalue weighted by molar-refractivity contribution is 5.93. The number of anilines is 2. The minimum absolute atomic E-state index is 0.0636. The van der Waals surface area contributed by atoms with Crippen molar-refractivity contribution in [2.75, 3.05) is 4.90 Å². The van der Waals surface area contributed by atoms with Crippen LogP contribution in [0.5, 0.6) is 0 Å². The number of hydrogen-bond donors (Lipinski definition) is 0. The fourth-order valence-corrected chi connectivity index (χ4v) is 9.24. The zero-order chi connectivity index (χ0) is 34.4. The Morgan fingerprint density at radius 2 is 1.24 bits per heavy atom. The van der Waals surface area contributed by atoms with E-state index in [4.69, 9.17) is 5.10 Å². The quantitative estimate of drug-likeness (QED) is 0.166. The van der Waals surface area contributed by atoms with E-state index in [1.54, 1.807) is 0 Å². The normalized spacial score (nSPS) is 23.1. The predicted octanol–water partition coefficient (Wildman–Crippen LogP) is 11.5. The van der Waals surface area contributed by atoms with Gasteiger partial charge in [0, 0.05) is 22.7 Å². The van der Waals surface area contributed by atoms with Gasteiger partial charge < -0.3 is 4.90 Å². The van der Waals surface area contributed by atoms with Crippen LogP contribution in [0.25, 0.3) is 22.5 Å². The molecule has 0 bridgehead atoms. The second-order valence-electron chi connectivity index (χ2n) is 14.7. The van der Waals surface area contributed by atoms with E-state index in [1.165, 1.54) is 22.4 Å². The molecule has 5 aromatic carbocycles. The summed E-state index contributed by atoms with van der Waals surface area (Å²) < 4.78 is 2.32. The largest absolute Gasteiger partial charge is 0.330 e. The zero-order valence-corrected chi connectivity index (χ0v) is 29.3. The molecule has 4 atom stereocenters. The van der Waals surface area contributed by atoms with Gasteiger partial charge in [0.1, 0.15) is 5.69 Å². The summed E-state index contributed by atoms with van der Waals surface area (Å²) in [5.41, 5.74) is 10.1. The van der Waals surface area contributed by atoms with E-state index in [0.717, 1.165) is 41.0 Å². The fraction of sp³-hybridized carbons (Fsp3) is 0.188. The van der Waals surface area contributed by atoms with E-state index in [-0.39, 0.29) is 22.9 Å². The number of benzene rings is 5. The molecule has 0 saturated heterocycles. The minimum atomic E-state index is -0.363. The molecular weight excluding hydrogens is 619 g/mol. The molecule has 3 nitrogen and oxygen atoms in total. The molecule has 6 aromatic rings. The summed E-state index contributed by atoms with van der Waals surface area (Å²) in [4.78, 5) is 2.67. The molecule has 51 heavy (non-hydrogen) atoms. The molecule has 3 heteroatoms. The number of para-hydroxylation sites is 1. The van der Waals surface area contributed by atoms with Gasteiger partial charge >= 0.3 is 0 Å². The van der Waals surface area contributed by atoms with Crippen molar-refractivity contribution >= 4 is 11.4 Å². The topological polar surface area (TPSA) is 21.1 Å². The number of fused-ring (bicyclic) bond motifs is 2. The van der Waals surface area contributed by atoms with Gasteiger partial charge in [-0.1, -0.05) is 183 Å². The van der Waals surface area contributed by atoms with Crippen LogP contribution < -0.4 is 4.90 Å². The predicted molar refractivity (Wildman–Crippen MR) is 211 cm³/mol. The lowest BCUT2D eigenvalue weighted by atomic mass is 9.54. The molecule has 2 aliphatic carbocycles. The molecular formula is C48H43N3. The highest BCUT2D eigenvalue weighted by Gasteiger charge is 2.55. The first-order valence-corrected chi connectivity index (χ1v) is 18.4. The van der Waals surface area contributed by atoms with Gasteiger partial charge in [0.05, 0.1) is 28.4 Å². The van der Waals surface area contributed by atoms with E-state index in [1.807, 2.05) is 0 Å². The maximum Gasteiger partial charge on any atom is 0.117 e. The highest BCUT2D eigenvalue weighted by Crippen LogP contribution is 2.60.